The molecule has 6 aromatic rings. The van der Waals surface area contributed by atoms with Crippen molar-refractivity contribution in [2.45, 2.75) is 38.1 Å². The molecule has 1 heterocycles. The number of aromatic nitrogens is 3. The van der Waals surface area contributed by atoms with Gasteiger partial charge in [-0.3, -0.25) is 4.79 Å². The lowest BCUT2D eigenvalue weighted by Crippen LogP contribution is -2.36. The Kier molecular flexibility index (Phi) is 9.32. The molecule has 0 spiro atoms. The van der Waals surface area contributed by atoms with E-state index < -0.39 is 0 Å². The zero-order chi connectivity index (χ0) is 32.5. The van der Waals surface area contributed by atoms with Gasteiger partial charge in [-0.1, -0.05) is 104 Å². The molecule has 1 aliphatic rings. The minimum absolute atomic E-state index is 0.00634. The summed E-state index contributed by atoms with van der Waals surface area (Å²) in [6, 6.07) is 42.6. The Bertz CT molecular complexity index is 1840. The first-order valence-corrected chi connectivity index (χ1v) is 16.2. The van der Waals surface area contributed by atoms with Gasteiger partial charge >= 0.3 is 18.0 Å². The van der Waals surface area contributed by atoms with Crippen LogP contribution in [-0.2, 0) is 0 Å². The van der Waals surface area contributed by atoms with Crippen LogP contribution in [-0.4, -0.2) is 26.9 Å². The van der Waals surface area contributed by atoms with E-state index in [1.165, 1.54) is 6.42 Å². The summed E-state index contributed by atoms with van der Waals surface area (Å²) in [4.78, 5) is 26.0. The van der Waals surface area contributed by atoms with Gasteiger partial charge in [0.15, 0.2) is 0 Å². The van der Waals surface area contributed by atoms with E-state index in [-0.39, 0.29) is 30.0 Å². The van der Waals surface area contributed by atoms with Gasteiger partial charge in [0, 0.05) is 11.6 Å². The van der Waals surface area contributed by atoms with Crippen LogP contribution in [0.3, 0.4) is 0 Å². The molecule has 8 heteroatoms. The van der Waals surface area contributed by atoms with Gasteiger partial charge in [-0.05, 0) is 83.6 Å². The molecule has 0 unspecified atom stereocenters. The smallest absolute Gasteiger partial charge is 0.331 e. The maximum Gasteiger partial charge on any atom is 0.331 e. The topological polar surface area (TPSA) is 95.5 Å². The molecule has 1 amide bonds. The van der Waals surface area contributed by atoms with Gasteiger partial charge in [0.1, 0.15) is 17.2 Å². The van der Waals surface area contributed by atoms with Crippen molar-refractivity contribution in [3.63, 3.8) is 0 Å². The third-order valence-corrected chi connectivity index (χ3v) is 8.18. The van der Waals surface area contributed by atoms with E-state index in [9.17, 15) is 4.79 Å². The number of nitrogens with zero attached hydrogens (tertiary/aromatic N) is 3. The van der Waals surface area contributed by atoms with E-state index in [0.717, 1.165) is 47.9 Å². The molecule has 1 aromatic heterocycles. The second-order valence-corrected chi connectivity index (χ2v) is 11.6. The van der Waals surface area contributed by atoms with Gasteiger partial charge in [0.2, 0.25) is 0 Å². The van der Waals surface area contributed by atoms with E-state index in [2.05, 4.69) is 44.5 Å². The average Bonchev–Trinajstić information content (AvgIpc) is 3.14. The number of hydrogen-bond acceptors (Lipinski definition) is 7. The molecule has 1 N–H and O–H groups in total. The highest BCUT2D eigenvalue weighted by Gasteiger charge is 2.17. The summed E-state index contributed by atoms with van der Waals surface area (Å²) in [5, 5.41) is 3.15. The van der Waals surface area contributed by atoms with Crippen molar-refractivity contribution in [3.05, 3.63) is 139 Å². The van der Waals surface area contributed by atoms with Crippen LogP contribution in [0, 0.1) is 0 Å². The van der Waals surface area contributed by atoms with Crippen molar-refractivity contribution in [1.82, 2.24) is 20.3 Å². The summed E-state index contributed by atoms with van der Waals surface area (Å²) in [5.41, 5.74) is 4.88. The highest BCUT2D eigenvalue weighted by atomic mass is 16.5. The summed E-state index contributed by atoms with van der Waals surface area (Å²) in [6.07, 6.45) is 5.58. The van der Waals surface area contributed by atoms with Gasteiger partial charge in [-0.15, -0.1) is 15.0 Å². The average molecular weight is 635 g/mol. The zero-order valence-corrected chi connectivity index (χ0v) is 26.3. The predicted octanol–water partition coefficient (Wildman–Crippen LogP) is 9.64. The Morgan fingerprint density at radius 3 is 1.27 bits per heavy atom. The molecular weight excluding hydrogens is 600 g/mol. The van der Waals surface area contributed by atoms with E-state index in [1.54, 1.807) is 24.3 Å². The Hall–Kier alpha value is -6.02. The monoisotopic (exact) mass is 634 g/mol. The third-order valence-electron chi connectivity index (χ3n) is 8.18. The molecule has 0 bridgehead atoms. The minimum atomic E-state index is -0.0865. The quantitative estimate of drug-likeness (QED) is 0.160. The summed E-state index contributed by atoms with van der Waals surface area (Å²) in [7, 11) is 0. The Morgan fingerprint density at radius 2 is 0.854 bits per heavy atom. The summed E-state index contributed by atoms with van der Waals surface area (Å²) >= 11 is 0. The largest absolute Gasteiger partial charge is 0.424 e. The molecule has 7 rings (SSSR count). The second-order valence-electron chi connectivity index (χ2n) is 11.6. The van der Waals surface area contributed by atoms with Gasteiger partial charge in [-0.2, -0.15) is 0 Å². The normalized spacial score (nSPS) is 13.0. The third kappa shape index (κ3) is 7.85. The van der Waals surface area contributed by atoms with E-state index in [4.69, 9.17) is 14.2 Å². The summed E-state index contributed by atoms with van der Waals surface area (Å²) in [5.74, 6) is 1.44. The SMILES string of the molecule is O=C(NC1CCCCC1)c1ccc(Oc2nc(Oc3ccc(-c4ccccc4)cc3)nc(Oc3ccc(-c4ccccc4)cc3)n2)cc1. The standard InChI is InChI=1S/C40H34N4O4/c45-37(41-33-14-8-3-9-15-33)32-20-26-36(27-21-32)48-40-43-38(46-34-22-16-30(17-23-34)28-10-4-1-5-11-28)42-39(44-40)47-35-24-18-31(19-25-35)29-12-6-2-7-13-29/h1-2,4-7,10-13,16-27,33H,3,8-9,14-15H2,(H,41,45). The lowest BCUT2D eigenvalue weighted by Gasteiger charge is -2.22. The van der Waals surface area contributed by atoms with Gasteiger partial charge in [-0.25, -0.2) is 0 Å². The number of benzene rings is 5. The van der Waals surface area contributed by atoms with Crippen LogP contribution in [0.15, 0.2) is 133 Å². The summed E-state index contributed by atoms with van der Waals surface area (Å²) in [6.45, 7) is 0. The number of amides is 1. The van der Waals surface area contributed by atoms with Crippen molar-refractivity contribution >= 4 is 5.91 Å². The molecule has 0 saturated heterocycles. The first-order chi connectivity index (χ1) is 23.6. The number of carbonyl (C=O) groups is 1. The van der Waals surface area contributed by atoms with E-state index in [0.29, 0.717) is 22.8 Å². The fraction of sp³-hybridized carbons (Fsp3) is 0.150. The summed E-state index contributed by atoms with van der Waals surface area (Å²) < 4.78 is 18.1. The number of rotatable bonds is 10. The molecule has 238 valence electrons. The maximum absolute atomic E-state index is 12.8. The predicted molar refractivity (Wildman–Crippen MR) is 185 cm³/mol. The molecule has 0 atom stereocenters. The highest BCUT2D eigenvalue weighted by molar-refractivity contribution is 5.94. The lowest BCUT2D eigenvalue weighted by atomic mass is 9.95. The number of hydrogen-bond donors (Lipinski definition) is 1. The van der Waals surface area contributed by atoms with Crippen LogP contribution >= 0.6 is 0 Å². The van der Waals surface area contributed by atoms with Crippen LogP contribution < -0.4 is 19.5 Å². The van der Waals surface area contributed by atoms with Crippen LogP contribution in [0.2, 0.25) is 0 Å². The molecule has 0 radical (unpaired) electrons. The highest BCUT2D eigenvalue weighted by Crippen LogP contribution is 2.30. The second kappa shape index (κ2) is 14.6. The van der Waals surface area contributed by atoms with Crippen LogP contribution in [0.25, 0.3) is 22.3 Å². The lowest BCUT2D eigenvalue weighted by molar-refractivity contribution is 0.0927. The van der Waals surface area contributed by atoms with Crippen LogP contribution in [0.5, 0.6) is 35.3 Å². The van der Waals surface area contributed by atoms with Gasteiger partial charge in [0.05, 0.1) is 0 Å². The molecule has 1 fully saturated rings. The van der Waals surface area contributed by atoms with E-state index in [1.807, 2.05) is 84.9 Å². The fourth-order valence-electron chi connectivity index (χ4n) is 5.66. The van der Waals surface area contributed by atoms with Crippen LogP contribution in [0.4, 0.5) is 0 Å². The molecular formula is C40H34N4O4. The van der Waals surface area contributed by atoms with E-state index >= 15 is 0 Å². The first-order valence-electron chi connectivity index (χ1n) is 16.2. The maximum atomic E-state index is 12.8. The van der Waals surface area contributed by atoms with Crippen LogP contribution in [0.1, 0.15) is 42.5 Å². The fourth-order valence-corrected chi connectivity index (χ4v) is 5.66. The van der Waals surface area contributed by atoms with Crippen molar-refractivity contribution in [1.29, 1.82) is 0 Å². The molecule has 48 heavy (non-hydrogen) atoms. The Labute approximate surface area is 279 Å². The first kappa shape index (κ1) is 30.6. The van der Waals surface area contributed by atoms with Crippen molar-refractivity contribution in [2.24, 2.45) is 0 Å². The molecule has 8 nitrogen and oxygen atoms in total. The molecule has 1 aliphatic carbocycles. The zero-order valence-electron chi connectivity index (χ0n) is 26.3. The minimum Gasteiger partial charge on any atom is -0.424 e. The molecule has 0 aliphatic heterocycles. The molecule has 1 saturated carbocycles. The number of nitrogens with one attached hydrogen (secondary N) is 1. The van der Waals surface area contributed by atoms with Crippen molar-refractivity contribution < 1.29 is 19.0 Å². The molecule has 5 aromatic carbocycles. The number of carbonyl (C=O) groups excluding carboxylic acids is 1. The Balaban J connectivity index is 1.10. The number of ether oxygens (including phenoxy) is 3. The van der Waals surface area contributed by atoms with Gasteiger partial charge < -0.3 is 19.5 Å². The van der Waals surface area contributed by atoms with Crippen molar-refractivity contribution in [3.8, 4) is 57.5 Å². The van der Waals surface area contributed by atoms with Gasteiger partial charge in [0.25, 0.3) is 5.91 Å². The van der Waals surface area contributed by atoms with Crippen molar-refractivity contribution in [2.75, 3.05) is 0 Å². The Morgan fingerprint density at radius 1 is 0.479 bits per heavy atom.